The van der Waals surface area contributed by atoms with Crippen LogP contribution >= 0.6 is 0 Å². The van der Waals surface area contributed by atoms with Gasteiger partial charge < -0.3 is 14.3 Å². The number of alkyl carbamates (subject to hydrolysis) is 1. The number of amides is 2. The molecule has 0 saturated carbocycles. The van der Waals surface area contributed by atoms with E-state index in [1.165, 1.54) is 13.2 Å². The summed E-state index contributed by atoms with van der Waals surface area (Å²) in [6.07, 6.45) is -0.0125. The molecule has 0 unspecified atom stereocenters. The number of nitrogens with one attached hydrogen (secondary N) is 1. The van der Waals surface area contributed by atoms with E-state index in [0.717, 1.165) is 4.90 Å². The summed E-state index contributed by atoms with van der Waals surface area (Å²) >= 11 is 0. The number of carbonyl (C=O) groups is 2. The molecule has 0 aromatic carbocycles. The molecule has 1 N–H and O–H groups in total. The maximum Gasteiger partial charge on any atom is 0.417 e. The first-order valence-corrected chi connectivity index (χ1v) is 7.12. The van der Waals surface area contributed by atoms with Crippen molar-refractivity contribution in [2.24, 2.45) is 5.16 Å². The molecule has 0 aromatic rings. The zero-order valence-electron chi connectivity index (χ0n) is 14.9. The van der Waals surface area contributed by atoms with Crippen molar-refractivity contribution in [2.75, 3.05) is 13.7 Å². The van der Waals surface area contributed by atoms with Crippen LogP contribution < -0.4 is 5.32 Å². The van der Waals surface area contributed by atoms with Gasteiger partial charge in [-0.25, -0.2) is 14.5 Å². The summed E-state index contributed by atoms with van der Waals surface area (Å²) in [4.78, 5) is 29.9. The molecule has 0 aliphatic carbocycles. The smallest absolute Gasteiger partial charge is 0.417 e. The van der Waals surface area contributed by atoms with Crippen LogP contribution in [0.15, 0.2) is 17.8 Å². The van der Waals surface area contributed by atoms with E-state index >= 15 is 0 Å². The highest BCUT2D eigenvalue weighted by Gasteiger charge is 2.28. The summed E-state index contributed by atoms with van der Waals surface area (Å²) in [5.74, 6) is -0.157. The molecule has 23 heavy (non-hydrogen) atoms. The van der Waals surface area contributed by atoms with Crippen molar-refractivity contribution in [2.45, 2.75) is 52.7 Å². The number of oxime groups is 1. The average Bonchev–Trinajstić information content (AvgIpc) is 2.30. The summed E-state index contributed by atoms with van der Waals surface area (Å²) in [5, 5.41) is 6.01. The number of hydrogen-bond acceptors (Lipinski definition) is 6. The molecule has 8 heteroatoms. The predicted molar refractivity (Wildman–Crippen MR) is 87.0 cm³/mol. The van der Waals surface area contributed by atoms with Crippen LogP contribution in [0, 0.1) is 0 Å². The number of ether oxygens (including phenoxy) is 2. The zero-order chi connectivity index (χ0) is 18.3. The van der Waals surface area contributed by atoms with E-state index < -0.39 is 23.4 Å². The van der Waals surface area contributed by atoms with Crippen LogP contribution in [-0.4, -0.2) is 47.9 Å². The van der Waals surface area contributed by atoms with E-state index in [0.29, 0.717) is 0 Å². The van der Waals surface area contributed by atoms with Crippen LogP contribution in [-0.2, 0) is 14.3 Å². The zero-order valence-corrected chi connectivity index (χ0v) is 14.9. The summed E-state index contributed by atoms with van der Waals surface area (Å²) in [7, 11) is 1.29. The van der Waals surface area contributed by atoms with Crippen molar-refractivity contribution in [1.29, 1.82) is 0 Å². The summed E-state index contributed by atoms with van der Waals surface area (Å²) < 4.78 is 10.4. The van der Waals surface area contributed by atoms with E-state index in [4.69, 9.17) is 9.47 Å². The summed E-state index contributed by atoms with van der Waals surface area (Å²) in [6.45, 7) is 14.0. The average molecular weight is 329 g/mol. The molecule has 0 atom stereocenters. The fraction of sp³-hybridized carbons (Fsp3) is 0.667. The van der Waals surface area contributed by atoms with Crippen LogP contribution in [0.2, 0.25) is 0 Å². The van der Waals surface area contributed by atoms with Crippen molar-refractivity contribution >= 4 is 18.1 Å². The van der Waals surface area contributed by atoms with Gasteiger partial charge in [-0.05, 0) is 46.7 Å². The molecule has 0 fully saturated rings. The molecule has 0 heterocycles. The Kier molecular flexibility index (Phi) is 7.58. The van der Waals surface area contributed by atoms with Gasteiger partial charge in [0.15, 0.2) is 0 Å². The lowest BCUT2D eigenvalue weighted by Gasteiger charge is -2.27. The molecule has 0 rings (SSSR count). The van der Waals surface area contributed by atoms with Crippen LogP contribution in [0.3, 0.4) is 0 Å². The molecule has 0 bridgehead atoms. The number of nitrogens with zero attached hydrogens (tertiary/aromatic N) is 2. The van der Waals surface area contributed by atoms with Gasteiger partial charge in [-0.2, -0.15) is 0 Å². The molecule has 0 aliphatic heterocycles. The molecule has 0 aromatic heterocycles. The molecular formula is C15H27N3O5. The molecule has 0 aliphatic rings. The van der Waals surface area contributed by atoms with E-state index in [-0.39, 0.29) is 12.5 Å². The molecule has 0 saturated heterocycles. The first-order chi connectivity index (χ1) is 10.4. The minimum Gasteiger partial charge on any atom is -0.444 e. The quantitative estimate of drug-likeness (QED) is 0.372. The highest BCUT2D eigenvalue weighted by Crippen LogP contribution is 2.11. The Balaban J connectivity index is 5.26. The number of carbonyl (C=O) groups excluding carboxylic acids is 2. The Morgan fingerprint density at radius 2 is 1.65 bits per heavy atom. The maximum atomic E-state index is 12.3. The van der Waals surface area contributed by atoms with Gasteiger partial charge in [-0.15, -0.1) is 6.58 Å². The van der Waals surface area contributed by atoms with Crippen molar-refractivity contribution in [3.05, 3.63) is 12.7 Å². The third-order valence-corrected chi connectivity index (χ3v) is 1.97. The predicted octanol–water partition coefficient (Wildman–Crippen LogP) is 2.85. The fourth-order valence-corrected chi connectivity index (χ4v) is 1.31. The largest absolute Gasteiger partial charge is 0.444 e. The van der Waals surface area contributed by atoms with Gasteiger partial charge in [-0.3, -0.25) is 5.32 Å². The second kappa shape index (κ2) is 8.40. The van der Waals surface area contributed by atoms with Crippen LogP contribution in [0.4, 0.5) is 9.59 Å². The molecule has 0 spiro atoms. The van der Waals surface area contributed by atoms with Gasteiger partial charge in [0.25, 0.3) is 5.96 Å². The van der Waals surface area contributed by atoms with Crippen molar-refractivity contribution < 1.29 is 23.9 Å². The first kappa shape index (κ1) is 20.8. The highest BCUT2D eigenvalue weighted by atomic mass is 16.6. The number of rotatable bonds is 3. The van der Waals surface area contributed by atoms with Gasteiger partial charge in [0.05, 0.1) is 6.54 Å². The molecular weight excluding hydrogens is 302 g/mol. The van der Waals surface area contributed by atoms with Crippen LogP contribution in [0.25, 0.3) is 0 Å². The van der Waals surface area contributed by atoms with Crippen LogP contribution in [0.1, 0.15) is 41.5 Å². The summed E-state index contributed by atoms with van der Waals surface area (Å²) in [5.41, 5.74) is -1.40. The van der Waals surface area contributed by atoms with Crippen LogP contribution in [0.5, 0.6) is 0 Å². The minimum atomic E-state index is -0.772. The topological polar surface area (TPSA) is 89.5 Å². The van der Waals surface area contributed by atoms with E-state index in [9.17, 15) is 9.59 Å². The lowest BCUT2D eigenvalue weighted by Crippen LogP contribution is -2.50. The Morgan fingerprint density at radius 1 is 1.13 bits per heavy atom. The van der Waals surface area contributed by atoms with Crippen molar-refractivity contribution in [3.63, 3.8) is 0 Å². The second-order valence-electron chi connectivity index (χ2n) is 6.60. The Morgan fingerprint density at radius 3 is 2.04 bits per heavy atom. The van der Waals surface area contributed by atoms with Crippen molar-refractivity contribution in [1.82, 2.24) is 10.2 Å². The van der Waals surface area contributed by atoms with E-state index in [1.54, 1.807) is 41.5 Å². The Bertz CT molecular complexity index is 461. The Hall–Kier alpha value is -2.25. The molecule has 8 nitrogen and oxygen atoms in total. The first-order valence-electron chi connectivity index (χ1n) is 7.12. The van der Waals surface area contributed by atoms with Gasteiger partial charge in [0.2, 0.25) is 0 Å². The summed E-state index contributed by atoms with van der Waals surface area (Å²) in [6, 6.07) is 0. The number of hydrogen-bond donors (Lipinski definition) is 1. The van der Waals surface area contributed by atoms with E-state index in [1.807, 2.05) is 0 Å². The SMILES string of the molecule is C=CCN(C(=O)OC(C)(C)C)/C(=N\OC)NC(=O)OC(C)(C)C. The molecule has 0 radical (unpaired) electrons. The number of guanidine groups is 1. The van der Waals surface area contributed by atoms with Crippen molar-refractivity contribution in [3.8, 4) is 0 Å². The molecule has 2 amide bonds. The maximum absolute atomic E-state index is 12.3. The standard InChI is InChI=1S/C15H27N3O5/c1-9-10-18(13(20)23-15(5,6)7)11(17-21-8)16-12(19)22-14(2,3)4/h9H,1,10H2,2-8H3,(H,16,17,19). The molecule has 132 valence electrons. The second-order valence-corrected chi connectivity index (χ2v) is 6.60. The lowest BCUT2D eigenvalue weighted by molar-refractivity contribution is 0.0363. The third-order valence-electron chi connectivity index (χ3n) is 1.97. The Labute approximate surface area is 137 Å². The van der Waals surface area contributed by atoms with Gasteiger partial charge in [0.1, 0.15) is 18.3 Å². The minimum absolute atomic E-state index is 0.0624. The van der Waals surface area contributed by atoms with Gasteiger partial charge >= 0.3 is 12.2 Å². The van der Waals surface area contributed by atoms with Gasteiger partial charge in [0, 0.05) is 0 Å². The normalized spacial score (nSPS) is 12.2. The fourth-order valence-electron chi connectivity index (χ4n) is 1.31. The third kappa shape index (κ3) is 9.38. The van der Waals surface area contributed by atoms with E-state index in [2.05, 4.69) is 21.9 Å². The lowest BCUT2D eigenvalue weighted by atomic mass is 10.2. The highest BCUT2D eigenvalue weighted by molar-refractivity contribution is 6.01. The monoisotopic (exact) mass is 329 g/mol. The van der Waals surface area contributed by atoms with Gasteiger partial charge in [-0.1, -0.05) is 6.08 Å².